The van der Waals surface area contributed by atoms with E-state index in [-0.39, 0.29) is 24.7 Å². The highest BCUT2D eigenvalue weighted by molar-refractivity contribution is 5.78. The number of ether oxygens (including phenoxy) is 2. The molecule has 0 aliphatic heterocycles. The summed E-state index contributed by atoms with van der Waals surface area (Å²) < 4.78 is 23.9. The van der Waals surface area contributed by atoms with Gasteiger partial charge in [-0.25, -0.2) is 4.39 Å². The van der Waals surface area contributed by atoms with Crippen LogP contribution >= 0.6 is 0 Å². The van der Waals surface area contributed by atoms with Crippen LogP contribution in [0.2, 0.25) is 0 Å². The van der Waals surface area contributed by atoms with Crippen molar-refractivity contribution in [2.75, 3.05) is 27.3 Å². The molecule has 0 saturated carbocycles. The molecule has 0 radical (unpaired) electrons. The van der Waals surface area contributed by atoms with Crippen LogP contribution in [0.3, 0.4) is 0 Å². The Kier molecular flexibility index (Phi) is 5.97. The zero-order valence-corrected chi connectivity index (χ0v) is 13.3. The number of hydrogen-bond acceptors (Lipinski definition) is 3. The Morgan fingerprint density at radius 1 is 1.17 bits per heavy atom. The summed E-state index contributed by atoms with van der Waals surface area (Å²) in [5, 5.41) is 0. The molecule has 0 atom stereocenters. The summed E-state index contributed by atoms with van der Waals surface area (Å²) in [6.45, 7) is 0.623. The fourth-order valence-electron chi connectivity index (χ4n) is 2.07. The van der Waals surface area contributed by atoms with Gasteiger partial charge in [-0.15, -0.1) is 0 Å². The molecule has 4 nitrogen and oxygen atoms in total. The number of likely N-dealkylation sites (N-methyl/N-ethyl adjacent to an activating group) is 1. The normalized spacial score (nSPS) is 10.2. The maximum Gasteiger partial charge on any atom is 0.226 e. The summed E-state index contributed by atoms with van der Waals surface area (Å²) in [4.78, 5) is 13.7. The standard InChI is InChI=1S/C18H20FNO3/c1-20(10-11-23-17-9-4-3-8-16(17)19)18(21)13-14-6-5-7-15(12-14)22-2/h3-9,12H,10-11,13H2,1-2H3. The molecule has 23 heavy (non-hydrogen) atoms. The zero-order chi connectivity index (χ0) is 16.7. The van der Waals surface area contributed by atoms with Gasteiger partial charge in [0.15, 0.2) is 11.6 Å². The van der Waals surface area contributed by atoms with Crippen molar-refractivity contribution in [2.45, 2.75) is 6.42 Å². The van der Waals surface area contributed by atoms with Gasteiger partial charge in [0.1, 0.15) is 12.4 Å². The Morgan fingerprint density at radius 2 is 1.96 bits per heavy atom. The molecule has 0 heterocycles. The van der Waals surface area contributed by atoms with Gasteiger partial charge in [-0.1, -0.05) is 24.3 Å². The molecule has 0 unspecified atom stereocenters. The van der Waals surface area contributed by atoms with E-state index in [1.165, 1.54) is 6.07 Å². The van der Waals surface area contributed by atoms with Crippen LogP contribution in [0.1, 0.15) is 5.56 Å². The highest BCUT2D eigenvalue weighted by atomic mass is 19.1. The Labute approximate surface area is 135 Å². The number of halogens is 1. The van der Waals surface area contributed by atoms with Gasteiger partial charge in [-0.2, -0.15) is 0 Å². The lowest BCUT2D eigenvalue weighted by molar-refractivity contribution is -0.129. The van der Waals surface area contributed by atoms with Gasteiger partial charge < -0.3 is 14.4 Å². The molecule has 5 heteroatoms. The zero-order valence-electron chi connectivity index (χ0n) is 13.3. The van der Waals surface area contributed by atoms with Crippen LogP contribution in [0, 0.1) is 5.82 Å². The predicted octanol–water partition coefficient (Wildman–Crippen LogP) is 2.91. The topological polar surface area (TPSA) is 38.8 Å². The smallest absolute Gasteiger partial charge is 0.226 e. The highest BCUT2D eigenvalue weighted by Crippen LogP contribution is 2.15. The molecule has 2 rings (SSSR count). The highest BCUT2D eigenvalue weighted by Gasteiger charge is 2.11. The number of hydrogen-bond donors (Lipinski definition) is 0. The SMILES string of the molecule is COc1cccc(CC(=O)N(C)CCOc2ccccc2F)c1. The number of benzene rings is 2. The van der Waals surface area contributed by atoms with E-state index >= 15 is 0 Å². The van der Waals surface area contributed by atoms with Crippen molar-refractivity contribution in [1.82, 2.24) is 4.90 Å². The first-order valence-corrected chi connectivity index (χ1v) is 7.34. The quantitative estimate of drug-likeness (QED) is 0.788. The van der Waals surface area contributed by atoms with Crippen LogP contribution in [0.25, 0.3) is 0 Å². The summed E-state index contributed by atoms with van der Waals surface area (Å²) >= 11 is 0. The van der Waals surface area contributed by atoms with Crippen molar-refractivity contribution in [3.05, 3.63) is 59.9 Å². The molecule has 0 fully saturated rings. The first-order valence-electron chi connectivity index (χ1n) is 7.34. The molecule has 2 aromatic carbocycles. The van der Waals surface area contributed by atoms with Crippen molar-refractivity contribution >= 4 is 5.91 Å². The number of nitrogens with zero attached hydrogens (tertiary/aromatic N) is 1. The molecular weight excluding hydrogens is 297 g/mol. The van der Waals surface area contributed by atoms with Crippen LogP contribution in [-0.2, 0) is 11.2 Å². The monoisotopic (exact) mass is 317 g/mol. The van der Waals surface area contributed by atoms with E-state index in [1.807, 2.05) is 24.3 Å². The van der Waals surface area contributed by atoms with Crippen LogP contribution in [-0.4, -0.2) is 38.1 Å². The van der Waals surface area contributed by atoms with Crippen molar-refractivity contribution in [3.63, 3.8) is 0 Å². The van der Waals surface area contributed by atoms with E-state index in [0.29, 0.717) is 6.54 Å². The van der Waals surface area contributed by atoms with Crippen LogP contribution in [0.5, 0.6) is 11.5 Å². The van der Waals surface area contributed by atoms with Gasteiger partial charge in [0.2, 0.25) is 5.91 Å². The molecule has 0 N–H and O–H groups in total. The molecule has 0 aliphatic carbocycles. The Bertz CT molecular complexity index is 660. The summed E-state index contributed by atoms with van der Waals surface area (Å²) in [6.07, 6.45) is 0.285. The average molecular weight is 317 g/mol. The number of amides is 1. The second-order valence-corrected chi connectivity index (χ2v) is 5.12. The third-order valence-corrected chi connectivity index (χ3v) is 3.44. The number of para-hydroxylation sites is 1. The van der Waals surface area contributed by atoms with E-state index in [4.69, 9.17) is 9.47 Å². The van der Waals surface area contributed by atoms with Crippen molar-refractivity contribution in [2.24, 2.45) is 0 Å². The van der Waals surface area contributed by atoms with Gasteiger partial charge in [-0.05, 0) is 29.8 Å². The predicted molar refractivity (Wildman–Crippen MR) is 86.2 cm³/mol. The van der Waals surface area contributed by atoms with E-state index in [0.717, 1.165) is 11.3 Å². The van der Waals surface area contributed by atoms with E-state index < -0.39 is 5.82 Å². The summed E-state index contributed by atoms with van der Waals surface area (Å²) in [5.41, 5.74) is 0.885. The molecule has 0 saturated heterocycles. The van der Waals surface area contributed by atoms with Gasteiger partial charge in [0.25, 0.3) is 0 Å². The first kappa shape index (κ1) is 16.8. The minimum Gasteiger partial charge on any atom is -0.497 e. The lowest BCUT2D eigenvalue weighted by Gasteiger charge is -2.18. The Hall–Kier alpha value is -2.56. The average Bonchev–Trinajstić information content (AvgIpc) is 2.56. The van der Waals surface area contributed by atoms with Crippen molar-refractivity contribution in [3.8, 4) is 11.5 Å². The minimum absolute atomic E-state index is 0.0320. The fraction of sp³-hybridized carbons (Fsp3) is 0.278. The van der Waals surface area contributed by atoms with E-state index in [2.05, 4.69) is 0 Å². The number of carbonyl (C=O) groups excluding carboxylic acids is 1. The van der Waals surface area contributed by atoms with Crippen LogP contribution in [0.4, 0.5) is 4.39 Å². The summed E-state index contributed by atoms with van der Waals surface area (Å²) in [5.74, 6) is 0.482. The second kappa shape index (κ2) is 8.17. The van der Waals surface area contributed by atoms with Gasteiger partial charge in [-0.3, -0.25) is 4.79 Å². The molecule has 1 amide bonds. The molecule has 0 aromatic heterocycles. The number of rotatable bonds is 7. The summed E-state index contributed by atoms with van der Waals surface area (Å²) in [6, 6.07) is 13.6. The Balaban J connectivity index is 1.82. The maximum atomic E-state index is 13.4. The summed E-state index contributed by atoms with van der Waals surface area (Å²) in [7, 11) is 3.29. The van der Waals surface area contributed by atoms with Crippen LogP contribution < -0.4 is 9.47 Å². The molecular formula is C18H20FNO3. The fourth-order valence-corrected chi connectivity index (χ4v) is 2.07. The molecule has 2 aromatic rings. The Morgan fingerprint density at radius 3 is 2.70 bits per heavy atom. The third kappa shape index (κ3) is 4.98. The molecule has 122 valence electrons. The number of methoxy groups -OCH3 is 1. The lowest BCUT2D eigenvalue weighted by Crippen LogP contribution is -2.32. The van der Waals surface area contributed by atoms with Crippen molar-refractivity contribution in [1.29, 1.82) is 0 Å². The van der Waals surface area contributed by atoms with E-state index in [1.54, 1.807) is 37.3 Å². The van der Waals surface area contributed by atoms with Gasteiger partial charge in [0.05, 0.1) is 20.1 Å². The van der Waals surface area contributed by atoms with Gasteiger partial charge in [0, 0.05) is 7.05 Å². The molecule has 0 bridgehead atoms. The minimum atomic E-state index is -0.405. The van der Waals surface area contributed by atoms with Crippen LogP contribution in [0.15, 0.2) is 48.5 Å². The number of carbonyl (C=O) groups is 1. The third-order valence-electron chi connectivity index (χ3n) is 3.44. The van der Waals surface area contributed by atoms with Crippen molar-refractivity contribution < 1.29 is 18.7 Å². The maximum absolute atomic E-state index is 13.4. The second-order valence-electron chi connectivity index (χ2n) is 5.12. The largest absolute Gasteiger partial charge is 0.497 e. The van der Waals surface area contributed by atoms with E-state index in [9.17, 15) is 9.18 Å². The lowest BCUT2D eigenvalue weighted by atomic mass is 10.1. The van der Waals surface area contributed by atoms with Gasteiger partial charge >= 0.3 is 0 Å². The molecule has 0 spiro atoms. The molecule has 0 aliphatic rings. The first-order chi connectivity index (χ1) is 11.1.